The highest BCUT2D eigenvalue weighted by molar-refractivity contribution is 5.66. The minimum atomic E-state index is -0.941. The third kappa shape index (κ3) is 3.99. The molecule has 1 fully saturated rings. The molecule has 5 atom stereocenters. The zero-order chi connectivity index (χ0) is 27.4. The maximum absolute atomic E-state index is 14.7. The number of nitrogens with zero attached hydrogens (tertiary/aromatic N) is 6. The molecule has 2 aliphatic carbocycles. The number of hydrogen-bond acceptors (Lipinski definition) is 7. The van der Waals surface area contributed by atoms with E-state index in [-0.39, 0.29) is 41.7 Å². The van der Waals surface area contributed by atoms with E-state index in [4.69, 9.17) is 10.1 Å². The van der Waals surface area contributed by atoms with Gasteiger partial charge in [-0.15, -0.1) is 5.10 Å². The maximum Gasteiger partial charge on any atom is 0.199 e. The zero-order valence-corrected chi connectivity index (χ0v) is 21.6. The number of azo groups is 1. The predicted molar refractivity (Wildman–Crippen MR) is 139 cm³/mol. The molecule has 39 heavy (non-hydrogen) atoms. The molecular weight excluding hydrogens is 502 g/mol. The molecule has 1 aliphatic heterocycles. The Morgan fingerprint density at radius 1 is 1.13 bits per heavy atom. The summed E-state index contributed by atoms with van der Waals surface area (Å²) in [6.45, 7) is 4.11. The Morgan fingerprint density at radius 3 is 2.67 bits per heavy atom. The number of aliphatic hydroxyl groups is 2. The van der Waals surface area contributed by atoms with E-state index in [0.717, 1.165) is 18.5 Å². The number of aliphatic hydroxyl groups excluding tert-OH is 2. The highest BCUT2D eigenvalue weighted by Crippen LogP contribution is 2.63. The SMILES string of the molecule is CC1(C)[C@H]2CC[C@]1(c1cccc(-c3ncn(C[C@H](O)CO)n3)n1)C1C#CC2/C=C(/c2c(F)cccc2F)N=N1. The average molecular weight is 531 g/mol. The van der Waals surface area contributed by atoms with Crippen LogP contribution in [0.2, 0.25) is 0 Å². The molecule has 2 unspecified atom stereocenters. The van der Waals surface area contributed by atoms with Crippen molar-refractivity contribution in [3.05, 3.63) is 71.7 Å². The molecule has 0 spiro atoms. The van der Waals surface area contributed by atoms with Crippen molar-refractivity contribution >= 4 is 5.70 Å². The first-order valence-electron chi connectivity index (χ1n) is 13.0. The number of allylic oxidation sites excluding steroid dienone is 1. The highest BCUT2D eigenvalue weighted by atomic mass is 19.1. The van der Waals surface area contributed by atoms with Gasteiger partial charge in [-0.2, -0.15) is 10.2 Å². The van der Waals surface area contributed by atoms with Crippen LogP contribution in [0, 0.1) is 40.7 Å². The van der Waals surface area contributed by atoms with E-state index in [9.17, 15) is 13.9 Å². The molecule has 4 bridgehead atoms. The summed E-state index contributed by atoms with van der Waals surface area (Å²) in [5.41, 5.74) is 0.372. The molecule has 0 radical (unpaired) electrons. The molecule has 10 heteroatoms. The van der Waals surface area contributed by atoms with Crippen LogP contribution in [0.15, 0.2) is 59.0 Å². The first-order chi connectivity index (χ1) is 18.7. The number of hydrogen-bond donors (Lipinski definition) is 2. The second-order valence-corrected chi connectivity index (χ2v) is 11.0. The van der Waals surface area contributed by atoms with E-state index in [2.05, 4.69) is 46.0 Å². The van der Waals surface area contributed by atoms with Crippen LogP contribution in [0.25, 0.3) is 17.2 Å². The van der Waals surface area contributed by atoms with Crippen molar-refractivity contribution in [2.24, 2.45) is 27.5 Å². The Morgan fingerprint density at radius 2 is 1.90 bits per heavy atom. The molecule has 200 valence electrons. The zero-order valence-electron chi connectivity index (χ0n) is 21.6. The Bertz CT molecular complexity index is 1530. The first-order valence-corrected chi connectivity index (χ1v) is 13.0. The lowest BCUT2D eigenvalue weighted by molar-refractivity contribution is 0.0782. The minimum Gasteiger partial charge on any atom is -0.394 e. The molecule has 3 heterocycles. The van der Waals surface area contributed by atoms with Crippen molar-refractivity contribution in [3.8, 4) is 23.4 Å². The normalized spacial score (nSPS) is 28.6. The molecule has 1 saturated carbocycles. The van der Waals surface area contributed by atoms with E-state index in [1.165, 1.54) is 29.2 Å². The summed E-state index contributed by atoms with van der Waals surface area (Å²) in [5, 5.41) is 32.4. The van der Waals surface area contributed by atoms with Crippen molar-refractivity contribution < 1.29 is 19.0 Å². The van der Waals surface area contributed by atoms with Gasteiger partial charge in [0.15, 0.2) is 5.82 Å². The van der Waals surface area contributed by atoms with E-state index >= 15 is 0 Å². The highest BCUT2D eigenvalue weighted by Gasteiger charge is 2.62. The van der Waals surface area contributed by atoms with Crippen LogP contribution in [0.5, 0.6) is 0 Å². The number of pyridine rings is 1. The number of halogens is 2. The van der Waals surface area contributed by atoms with Crippen molar-refractivity contribution in [1.82, 2.24) is 19.7 Å². The third-order valence-corrected chi connectivity index (χ3v) is 8.63. The van der Waals surface area contributed by atoms with Gasteiger partial charge in [-0.25, -0.2) is 23.4 Å². The smallest absolute Gasteiger partial charge is 0.199 e. The van der Waals surface area contributed by atoms with Gasteiger partial charge in [0.1, 0.15) is 29.7 Å². The Hall–Kier alpha value is -3.81. The number of aromatic nitrogens is 4. The van der Waals surface area contributed by atoms with Gasteiger partial charge in [0.05, 0.1) is 41.6 Å². The van der Waals surface area contributed by atoms with E-state index < -0.39 is 29.2 Å². The van der Waals surface area contributed by atoms with Gasteiger partial charge in [0, 0.05) is 5.92 Å². The number of rotatable bonds is 6. The first kappa shape index (κ1) is 25.5. The quantitative estimate of drug-likeness (QED) is 0.466. The van der Waals surface area contributed by atoms with Gasteiger partial charge < -0.3 is 10.2 Å². The Labute approximate surface area is 224 Å². The van der Waals surface area contributed by atoms with Crippen molar-refractivity contribution in [2.45, 2.75) is 50.8 Å². The fourth-order valence-electron chi connectivity index (χ4n) is 6.58. The monoisotopic (exact) mass is 530 g/mol. The standard InChI is InChI=1S/C29H28F2N6O2/c1-28(2)19-11-12-29(28,24-8-4-7-22(33-24)27-32-16-37(36-27)14-18(39)15-38)25-10-9-17(19)13-23(34-35-25)26-20(30)5-3-6-21(26)31/h3-8,13,16-19,25,38-39H,11-12,14-15H2,1-2H3/b23-13-,35-34?/t17?,18-,19-,25?,29-/m0/s1. The summed E-state index contributed by atoms with van der Waals surface area (Å²) in [7, 11) is 0. The van der Waals surface area contributed by atoms with E-state index in [0.29, 0.717) is 11.5 Å². The van der Waals surface area contributed by atoms with Crippen molar-refractivity contribution in [2.75, 3.05) is 6.61 Å². The largest absolute Gasteiger partial charge is 0.394 e. The molecule has 2 aromatic heterocycles. The van der Waals surface area contributed by atoms with Crippen LogP contribution in [-0.2, 0) is 12.0 Å². The molecule has 6 rings (SSSR count). The fourth-order valence-corrected chi connectivity index (χ4v) is 6.58. The van der Waals surface area contributed by atoms with E-state index in [1.54, 1.807) is 6.08 Å². The average Bonchev–Trinajstić information content (AvgIpc) is 3.45. The van der Waals surface area contributed by atoms with Gasteiger partial charge in [0.25, 0.3) is 0 Å². The van der Waals surface area contributed by atoms with Crippen LogP contribution in [0.3, 0.4) is 0 Å². The second kappa shape index (κ2) is 9.43. The maximum atomic E-state index is 14.7. The number of fused-ring (bicyclic) bond motifs is 6. The van der Waals surface area contributed by atoms with Gasteiger partial charge in [-0.05, 0) is 54.5 Å². The van der Waals surface area contributed by atoms with Gasteiger partial charge in [0.2, 0.25) is 0 Å². The van der Waals surface area contributed by atoms with Crippen molar-refractivity contribution in [1.29, 1.82) is 0 Å². The predicted octanol–water partition coefficient (Wildman–Crippen LogP) is 4.15. The molecule has 3 aromatic rings. The molecule has 3 aliphatic rings. The van der Waals surface area contributed by atoms with Gasteiger partial charge in [-0.1, -0.05) is 37.8 Å². The summed E-state index contributed by atoms with van der Waals surface area (Å²) in [4.78, 5) is 9.37. The van der Waals surface area contributed by atoms with Crippen LogP contribution in [0.4, 0.5) is 8.78 Å². The minimum absolute atomic E-state index is 0.0890. The topological polar surface area (TPSA) is 109 Å². The summed E-state index contributed by atoms with van der Waals surface area (Å²) in [5.74, 6) is 5.55. The third-order valence-electron chi connectivity index (χ3n) is 8.63. The molecule has 0 saturated heterocycles. The van der Waals surface area contributed by atoms with E-state index in [1.807, 2.05) is 18.2 Å². The summed E-state index contributed by atoms with van der Waals surface area (Å²) >= 11 is 0. The summed E-state index contributed by atoms with van der Waals surface area (Å²) in [6, 6.07) is 8.89. The van der Waals surface area contributed by atoms with Crippen LogP contribution in [-0.4, -0.2) is 48.7 Å². The molecule has 0 amide bonds. The Kier molecular flexibility index (Phi) is 6.16. The summed E-state index contributed by atoms with van der Waals surface area (Å²) < 4.78 is 30.9. The Balaban J connectivity index is 1.44. The number of benzene rings is 1. The van der Waals surface area contributed by atoms with Crippen LogP contribution in [0.1, 0.15) is 37.9 Å². The van der Waals surface area contributed by atoms with Gasteiger partial charge in [-0.3, -0.25) is 0 Å². The lowest BCUT2D eigenvalue weighted by Gasteiger charge is -2.45. The molecule has 8 nitrogen and oxygen atoms in total. The molecule has 1 aromatic carbocycles. The van der Waals surface area contributed by atoms with Crippen LogP contribution < -0.4 is 0 Å². The van der Waals surface area contributed by atoms with Gasteiger partial charge >= 0.3 is 0 Å². The van der Waals surface area contributed by atoms with Crippen molar-refractivity contribution in [3.63, 3.8) is 0 Å². The lowest BCUT2D eigenvalue weighted by Crippen LogP contribution is -2.48. The summed E-state index contributed by atoms with van der Waals surface area (Å²) in [6.07, 6.45) is 3.94. The second-order valence-electron chi connectivity index (χ2n) is 11.0. The lowest BCUT2D eigenvalue weighted by atomic mass is 9.58. The van der Waals surface area contributed by atoms with Crippen LogP contribution >= 0.6 is 0 Å². The fraction of sp³-hybridized carbons (Fsp3) is 0.414. The molecule has 2 N–H and O–H groups in total. The molecular formula is C29H28F2N6O2.